The summed E-state index contributed by atoms with van der Waals surface area (Å²) in [6, 6.07) is 14.9. The molecule has 110 valence electrons. The van der Waals surface area contributed by atoms with E-state index >= 15 is 0 Å². The lowest BCUT2D eigenvalue weighted by molar-refractivity contribution is 0.0827. The first kappa shape index (κ1) is 14.9. The standard InChI is InChI=1S/C17H19NO3/c1-18(2)17(19)14-10-8-13(9-11-14)12-21-16-7-5-4-6-15(16)20-3/h4-11H,12H2,1-3H3. The van der Waals surface area contributed by atoms with E-state index in [0.717, 1.165) is 5.56 Å². The van der Waals surface area contributed by atoms with E-state index in [1.54, 1.807) is 26.1 Å². The van der Waals surface area contributed by atoms with Crippen LogP contribution in [0.3, 0.4) is 0 Å². The molecular weight excluding hydrogens is 266 g/mol. The van der Waals surface area contributed by atoms with Gasteiger partial charge in [-0.15, -0.1) is 0 Å². The molecule has 4 heteroatoms. The number of amides is 1. The molecule has 0 aliphatic carbocycles. The molecule has 0 unspecified atom stereocenters. The third-order valence-corrected chi connectivity index (χ3v) is 3.07. The Morgan fingerprint density at radius 1 is 1.00 bits per heavy atom. The van der Waals surface area contributed by atoms with E-state index in [-0.39, 0.29) is 5.91 Å². The molecule has 0 aromatic heterocycles. The average molecular weight is 285 g/mol. The van der Waals surface area contributed by atoms with E-state index in [1.165, 1.54) is 0 Å². The van der Waals surface area contributed by atoms with Gasteiger partial charge in [-0.3, -0.25) is 4.79 Å². The van der Waals surface area contributed by atoms with Crippen LogP contribution in [0.5, 0.6) is 11.5 Å². The number of para-hydroxylation sites is 2. The van der Waals surface area contributed by atoms with Crippen molar-refractivity contribution in [3.8, 4) is 11.5 Å². The number of benzene rings is 2. The summed E-state index contributed by atoms with van der Waals surface area (Å²) < 4.78 is 11.0. The Morgan fingerprint density at radius 3 is 2.19 bits per heavy atom. The molecule has 2 aromatic carbocycles. The number of carbonyl (C=O) groups excluding carboxylic acids is 1. The van der Waals surface area contributed by atoms with E-state index in [2.05, 4.69) is 0 Å². The summed E-state index contributed by atoms with van der Waals surface area (Å²) in [5, 5.41) is 0. The van der Waals surface area contributed by atoms with Crippen LogP contribution < -0.4 is 9.47 Å². The van der Waals surface area contributed by atoms with Gasteiger partial charge in [0, 0.05) is 19.7 Å². The number of nitrogens with zero attached hydrogens (tertiary/aromatic N) is 1. The van der Waals surface area contributed by atoms with Crippen molar-refractivity contribution in [2.24, 2.45) is 0 Å². The van der Waals surface area contributed by atoms with Crippen LogP contribution in [0.4, 0.5) is 0 Å². The minimum atomic E-state index is -0.00723. The molecule has 0 N–H and O–H groups in total. The van der Waals surface area contributed by atoms with E-state index in [0.29, 0.717) is 23.7 Å². The van der Waals surface area contributed by atoms with E-state index in [4.69, 9.17) is 9.47 Å². The quantitative estimate of drug-likeness (QED) is 0.847. The first-order chi connectivity index (χ1) is 10.1. The van der Waals surface area contributed by atoms with Crippen molar-refractivity contribution in [2.45, 2.75) is 6.61 Å². The molecule has 0 bridgehead atoms. The fourth-order valence-electron chi connectivity index (χ4n) is 1.90. The van der Waals surface area contributed by atoms with Crippen LogP contribution in [0.2, 0.25) is 0 Å². The van der Waals surface area contributed by atoms with E-state index < -0.39 is 0 Å². The minimum Gasteiger partial charge on any atom is -0.493 e. The van der Waals surface area contributed by atoms with Crippen molar-refractivity contribution in [3.63, 3.8) is 0 Å². The molecule has 0 aliphatic heterocycles. The van der Waals surface area contributed by atoms with Crippen LogP contribution in [-0.4, -0.2) is 32.0 Å². The normalized spacial score (nSPS) is 10.0. The Labute approximate surface area is 124 Å². The molecule has 0 atom stereocenters. The molecule has 0 spiro atoms. The highest BCUT2D eigenvalue weighted by Gasteiger charge is 2.08. The number of rotatable bonds is 5. The second-order valence-corrected chi connectivity index (χ2v) is 4.84. The van der Waals surface area contributed by atoms with E-state index in [9.17, 15) is 4.79 Å². The molecule has 0 fully saturated rings. The maximum Gasteiger partial charge on any atom is 0.253 e. The first-order valence-electron chi connectivity index (χ1n) is 6.68. The van der Waals surface area contributed by atoms with Crippen molar-refractivity contribution >= 4 is 5.91 Å². The molecule has 4 nitrogen and oxygen atoms in total. The summed E-state index contributed by atoms with van der Waals surface area (Å²) in [4.78, 5) is 13.4. The maximum absolute atomic E-state index is 11.8. The summed E-state index contributed by atoms with van der Waals surface area (Å²) in [5.41, 5.74) is 1.66. The molecule has 21 heavy (non-hydrogen) atoms. The monoisotopic (exact) mass is 285 g/mol. The van der Waals surface area contributed by atoms with Gasteiger partial charge in [-0.1, -0.05) is 24.3 Å². The highest BCUT2D eigenvalue weighted by Crippen LogP contribution is 2.26. The summed E-state index contributed by atoms with van der Waals surface area (Å²) in [6.07, 6.45) is 0. The van der Waals surface area contributed by atoms with Gasteiger partial charge >= 0.3 is 0 Å². The number of hydrogen-bond donors (Lipinski definition) is 0. The van der Waals surface area contributed by atoms with Crippen molar-refractivity contribution in [1.29, 1.82) is 0 Å². The fourth-order valence-corrected chi connectivity index (χ4v) is 1.90. The average Bonchev–Trinajstić information content (AvgIpc) is 2.52. The predicted molar refractivity (Wildman–Crippen MR) is 81.8 cm³/mol. The van der Waals surface area contributed by atoms with Gasteiger partial charge < -0.3 is 14.4 Å². The van der Waals surface area contributed by atoms with Crippen LogP contribution in [0.1, 0.15) is 15.9 Å². The molecule has 1 amide bonds. The Balaban J connectivity index is 2.02. The van der Waals surface area contributed by atoms with Gasteiger partial charge in [0.1, 0.15) is 6.61 Å². The molecule has 0 saturated heterocycles. The predicted octanol–water partition coefficient (Wildman–Crippen LogP) is 2.98. The van der Waals surface area contributed by atoms with Crippen LogP contribution in [0.25, 0.3) is 0 Å². The first-order valence-corrected chi connectivity index (χ1v) is 6.68. The number of carbonyl (C=O) groups is 1. The van der Waals surface area contributed by atoms with Crippen molar-refractivity contribution < 1.29 is 14.3 Å². The zero-order valence-electron chi connectivity index (χ0n) is 12.5. The number of methoxy groups -OCH3 is 1. The maximum atomic E-state index is 11.8. The molecular formula is C17H19NO3. The smallest absolute Gasteiger partial charge is 0.253 e. The van der Waals surface area contributed by atoms with Crippen molar-refractivity contribution in [3.05, 3.63) is 59.7 Å². The van der Waals surface area contributed by atoms with Gasteiger partial charge in [-0.05, 0) is 29.8 Å². The van der Waals surface area contributed by atoms with Crippen molar-refractivity contribution in [1.82, 2.24) is 4.90 Å². The Kier molecular flexibility index (Phi) is 4.82. The summed E-state index contributed by atoms with van der Waals surface area (Å²) >= 11 is 0. The zero-order valence-corrected chi connectivity index (χ0v) is 12.5. The van der Waals surface area contributed by atoms with Gasteiger partial charge in [0.15, 0.2) is 11.5 Å². The second kappa shape index (κ2) is 6.79. The van der Waals surface area contributed by atoms with Gasteiger partial charge in [0.05, 0.1) is 7.11 Å². The highest BCUT2D eigenvalue weighted by atomic mass is 16.5. The lowest BCUT2D eigenvalue weighted by Crippen LogP contribution is -2.21. The lowest BCUT2D eigenvalue weighted by atomic mass is 10.1. The summed E-state index contributed by atoms with van der Waals surface area (Å²) in [6.45, 7) is 0.427. The van der Waals surface area contributed by atoms with Gasteiger partial charge in [0.25, 0.3) is 5.91 Å². The summed E-state index contributed by atoms with van der Waals surface area (Å²) in [7, 11) is 5.09. The Morgan fingerprint density at radius 2 is 1.62 bits per heavy atom. The second-order valence-electron chi connectivity index (χ2n) is 4.84. The Bertz CT molecular complexity index is 606. The lowest BCUT2D eigenvalue weighted by Gasteiger charge is -2.12. The third kappa shape index (κ3) is 3.75. The highest BCUT2D eigenvalue weighted by molar-refractivity contribution is 5.93. The molecule has 0 aliphatic rings. The van der Waals surface area contributed by atoms with E-state index in [1.807, 2.05) is 48.5 Å². The van der Waals surface area contributed by atoms with Crippen molar-refractivity contribution in [2.75, 3.05) is 21.2 Å². The van der Waals surface area contributed by atoms with Crippen LogP contribution >= 0.6 is 0 Å². The Hall–Kier alpha value is -2.49. The molecule has 2 rings (SSSR count). The third-order valence-electron chi connectivity index (χ3n) is 3.07. The topological polar surface area (TPSA) is 38.8 Å². The van der Waals surface area contributed by atoms with Crippen LogP contribution in [0.15, 0.2) is 48.5 Å². The molecule has 0 saturated carbocycles. The number of ether oxygens (including phenoxy) is 2. The zero-order chi connectivity index (χ0) is 15.2. The molecule has 0 heterocycles. The van der Waals surface area contributed by atoms with Crippen LogP contribution in [-0.2, 0) is 6.61 Å². The molecule has 0 radical (unpaired) electrons. The minimum absolute atomic E-state index is 0.00723. The van der Waals surface area contributed by atoms with Gasteiger partial charge in [-0.2, -0.15) is 0 Å². The molecule has 2 aromatic rings. The largest absolute Gasteiger partial charge is 0.493 e. The fraction of sp³-hybridized carbons (Fsp3) is 0.235. The van der Waals surface area contributed by atoms with Crippen LogP contribution in [0, 0.1) is 0 Å². The number of hydrogen-bond acceptors (Lipinski definition) is 3. The SMILES string of the molecule is COc1ccccc1OCc1ccc(C(=O)N(C)C)cc1. The van der Waals surface area contributed by atoms with Gasteiger partial charge in [0.2, 0.25) is 0 Å². The van der Waals surface area contributed by atoms with Gasteiger partial charge in [-0.25, -0.2) is 0 Å². The summed E-state index contributed by atoms with van der Waals surface area (Å²) in [5.74, 6) is 1.40.